The predicted molar refractivity (Wildman–Crippen MR) is 101 cm³/mol. The number of hydrogen-bond acceptors (Lipinski definition) is 6. The number of carbonyl (C=O) groups is 2. The summed E-state index contributed by atoms with van der Waals surface area (Å²) < 4.78 is 5.34. The molecule has 0 fully saturated rings. The van der Waals surface area contributed by atoms with Gasteiger partial charge in [0.25, 0.3) is 0 Å². The minimum Gasteiger partial charge on any atom is -0.504 e. The SMILES string of the molecule is CC.CC(=O)C1NC(C(=O)OCc2ccccc2)Cc2cc(O)c(O)cc21. The molecule has 0 saturated carbocycles. The fourth-order valence-corrected chi connectivity index (χ4v) is 2.97. The second-order valence-corrected chi connectivity index (χ2v) is 6.10. The quantitative estimate of drug-likeness (QED) is 0.565. The number of aromatic hydroxyl groups is 2. The Morgan fingerprint density at radius 1 is 1.11 bits per heavy atom. The normalized spacial score (nSPS) is 17.9. The molecule has 2 aromatic rings. The van der Waals surface area contributed by atoms with Crippen molar-refractivity contribution in [2.24, 2.45) is 0 Å². The highest BCUT2D eigenvalue weighted by molar-refractivity contribution is 5.86. The number of Topliss-reactive ketones (excluding diaryl/α,β-unsaturated/α-hetero) is 1. The zero-order valence-corrected chi connectivity index (χ0v) is 15.7. The summed E-state index contributed by atoms with van der Waals surface area (Å²) in [5.74, 6) is -1.23. The Bertz CT molecular complexity index is 804. The lowest BCUT2D eigenvalue weighted by molar-refractivity contribution is -0.148. The molecule has 0 bridgehead atoms. The molecule has 1 aliphatic heterocycles. The zero-order valence-electron chi connectivity index (χ0n) is 15.7. The highest BCUT2D eigenvalue weighted by Gasteiger charge is 2.34. The van der Waals surface area contributed by atoms with E-state index in [4.69, 9.17) is 4.74 Å². The van der Waals surface area contributed by atoms with Crippen LogP contribution in [0.4, 0.5) is 0 Å². The van der Waals surface area contributed by atoms with E-state index in [-0.39, 0.29) is 30.3 Å². The molecule has 0 spiro atoms. The molecule has 0 aliphatic carbocycles. The number of ether oxygens (including phenoxy) is 1. The molecule has 0 amide bonds. The first-order valence-electron chi connectivity index (χ1n) is 8.97. The van der Waals surface area contributed by atoms with Crippen LogP contribution in [0.2, 0.25) is 0 Å². The Hall–Kier alpha value is -2.86. The molecule has 0 radical (unpaired) electrons. The molecule has 2 aromatic carbocycles. The maximum absolute atomic E-state index is 12.4. The van der Waals surface area contributed by atoms with Gasteiger partial charge in [0.2, 0.25) is 0 Å². The first-order chi connectivity index (χ1) is 13.0. The molecule has 2 atom stereocenters. The van der Waals surface area contributed by atoms with E-state index in [1.54, 1.807) is 0 Å². The van der Waals surface area contributed by atoms with Crippen molar-refractivity contribution in [3.8, 4) is 11.5 Å². The Balaban J connectivity index is 0.00000126. The number of fused-ring (bicyclic) bond motifs is 1. The summed E-state index contributed by atoms with van der Waals surface area (Å²) in [6.07, 6.45) is 0.264. The average molecular weight is 371 g/mol. The van der Waals surface area contributed by atoms with Crippen LogP contribution in [0.1, 0.15) is 43.5 Å². The summed E-state index contributed by atoms with van der Waals surface area (Å²) in [4.78, 5) is 24.3. The van der Waals surface area contributed by atoms with Gasteiger partial charge in [0.05, 0.1) is 6.04 Å². The van der Waals surface area contributed by atoms with Gasteiger partial charge in [-0.2, -0.15) is 0 Å². The molecule has 3 N–H and O–H groups in total. The monoisotopic (exact) mass is 371 g/mol. The Morgan fingerprint density at radius 3 is 2.37 bits per heavy atom. The standard InChI is InChI=1S/C19H19NO5.C2H6/c1-11(21)18-14-9-17(23)16(22)8-13(14)7-15(20-18)19(24)25-10-12-5-3-2-4-6-12;1-2/h2-6,8-9,15,18,20,22-23H,7,10H2,1H3;1-2H3. The summed E-state index contributed by atoms with van der Waals surface area (Å²) in [5, 5.41) is 22.4. The van der Waals surface area contributed by atoms with Crippen molar-refractivity contribution in [1.82, 2.24) is 5.32 Å². The minimum absolute atomic E-state index is 0.149. The van der Waals surface area contributed by atoms with Gasteiger partial charge in [-0.05, 0) is 42.2 Å². The topological polar surface area (TPSA) is 95.9 Å². The van der Waals surface area contributed by atoms with Crippen LogP contribution in [0.25, 0.3) is 0 Å². The first-order valence-corrected chi connectivity index (χ1v) is 8.97. The summed E-state index contributed by atoms with van der Waals surface area (Å²) >= 11 is 0. The van der Waals surface area contributed by atoms with E-state index in [0.717, 1.165) is 5.56 Å². The number of phenolic OH excluding ortho intramolecular Hbond substituents is 2. The van der Waals surface area contributed by atoms with Crippen LogP contribution >= 0.6 is 0 Å². The lowest BCUT2D eigenvalue weighted by Gasteiger charge is -2.31. The lowest BCUT2D eigenvalue weighted by Crippen LogP contribution is -2.47. The first kappa shape index (κ1) is 20.5. The summed E-state index contributed by atoms with van der Waals surface area (Å²) in [6, 6.07) is 10.6. The largest absolute Gasteiger partial charge is 0.504 e. The van der Waals surface area contributed by atoms with E-state index in [2.05, 4.69) is 5.32 Å². The van der Waals surface area contributed by atoms with Crippen molar-refractivity contribution in [3.05, 3.63) is 59.2 Å². The maximum atomic E-state index is 12.4. The van der Waals surface area contributed by atoms with E-state index < -0.39 is 18.1 Å². The van der Waals surface area contributed by atoms with E-state index in [0.29, 0.717) is 11.1 Å². The van der Waals surface area contributed by atoms with Gasteiger partial charge in [-0.25, -0.2) is 0 Å². The van der Waals surface area contributed by atoms with Crippen molar-refractivity contribution in [1.29, 1.82) is 0 Å². The fourth-order valence-electron chi connectivity index (χ4n) is 2.97. The van der Waals surface area contributed by atoms with Crippen molar-refractivity contribution in [2.75, 3.05) is 0 Å². The zero-order chi connectivity index (χ0) is 20.0. The third-order valence-electron chi connectivity index (χ3n) is 4.25. The number of benzene rings is 2. The molecule has 0 saturated heterocycles. The van der Waals surface area contributed by atoms with Gasteiger partial charge in [0.15, 0.2) is 17.3 Å². The number of esters is 1. The molecular formula is C21H25NO5. The molecule has 144 valence electrons. The van der Waals surface area contributed by atoms with Gasteiger partial charge >= 0.3 is 5.97 Å². The van der Waals surface area contributed by atoms with Crippen LogP contribution in [0, 0.1) is 0 Å². The Kier molecular flexibility index (Phi) is 6.96. The van der Waals surface area contributed by atoms with E-state index >= 15 is 0 Å². The number of nitrogens with one attached hydrogen (secondary N) is 1. The minimum atomic E-state index is -0.732. The molecular weight excluding hydrogens is 346 g/mol. The van der Waals surface area contributed by atoms with Crippen LogP contribution in [-0.2, 0) is 27.4 Å². The maximum Gasteiger partial charge on any atom is 0.323 e. The lowest BCUT2D eigenvalue weighted by atomic mass is 9.88. The van der Waals surface area contributed by atoms with Crippen LogP contribution < -0.4 is 5.32 Å². The molecule has 1 heterocycles. The van der Waals surface area contributed by atoms with Gasteiger partial charge in [-0.1, -0.05) is 44.2 Å². The van der Waals surface area contributed by atoms with E-state index in [1.165, 1.54) is 19.1 Å². The molecule has 2 unspecified atom stereocenters. The fraction of sp³-hybridized carbons (Fsp3) is 0.333. The van der Waals surface area contributed by atoms with Crippen LogP contribution in [-0.4, -0.2) is 28.0 Å². The number of ketones is 1. The Morgan fingerprint density at radius 2 is 1.74 bits per heavy atom. The highest BCUT2D eigenvalue weighted by atomic mass is 16.5. The summed E-state index contributed by atoms with van der Waals surface area (Å²) in [5.41, 5.74) is 2.07. The van der Waals surface area contributed by atoms with Gasteiger partial charge in [-0.3, -0.25) is 14.9 Å². The Labute approximate surface area is 158 Å². The van der Waals surface area contributed by atoms with Gasteiger partial charge < -0.3 is 14.9 Å². The average Bonchev–Trinajstić information content (AvgIpc) is 2.68. The second kappa shape index (κ2) is 9.19. The van der Waals surface area contributed by atoms with Gasteiger partial charge in [0, 0.05) is 0 Å². The van der Waals surface area contributed by atoms with E-state index in [9.17, 15) is 19.8 Å². The number of hydrogen-bond donors (Lipinski definition) is 3. The second-order valence-electron chi connectivity index (χ2n) is 6.10. The van der Waals surface area contributed by atoms with Crippen molar-refractivity contribution in [3.63, 3.8) is 0 Å². The number of phenols is 2. The predicted octanol–water partition coefficient (Wildman–Crippen LogP) is 3.01. The van der Waals surface area contributed by atoms with Gasteiger partial charge in [-0.15, -0.1) is 0 Å². The van der Waals surface area contributed by atoms with Crippen molar-refractivity contribution < 1.29 is 24.5 Å². The molecule has 27 heavy (non-hydrogen) atoms. The summed E-state index contributed by atoms with van der Waals surface area (Å²) in [7, 11) is 0. The number of carbonyl (C=O) groups excluding carboxylic acids is 2. The molecule has 0 aromatic heterocycles. The van der Waals surface area contributed by atoms with Crippen LogP contribution in [0.5, 0.6) is 11.5 Å². The summed E-state index contributed by atoms with van der Waals surface area (Å²) in [6.45, 7) is 5.55. The third kappa shape index (κ3) is 4.86. The number of rotatable bonds is 4. The van der Waals surface area contributed by atoms with Crippen LogP contribution in [0.3, 0.4) is 0 Å². The smallest absolute Gasteiger partial charge is 0.323 e. The molecule has 1 aliphatic rings. The van der Waals surface area contributed by atoms with E-state index in [1.807, 2.05) is 44.2 Å². The van der Waals surface area contributed by atoms with Crippen molar-refractivity contribution in [2.45, 2.75) is 45.9 Å². The third-order valence-corrected chi connectivity index (χ3v) is 4.25. The highest BCUT2D eigenvalue weighted by Crippen LogP contribution is 2.35. The van der Waals surface area contributed by atoms with Crippen molar-refractivity contribution >= 4 is 11.8 Å². The molecule has 3 rings (SSSR count). The van der Waals surface area contributed by atoms with Gasteiger partial charge in [0.1, 0.15) is 12.6 Å². The molecule has 6 heteroatoms. The molecule has 6 nitrogen and oxygen atoms in total. The van der Waals surface area contributed by atoms with Crippen LogP contribution in [0.15, 0.2) is 42.5 Å².